The molecule has 2 unspecified atom stereocenters. The molecule has 0 aliphatic carbocycles. The second-order valence-electron chi connectivity index (χ2n) is 4.27. The lowest BCUT2D eigenvalue weighted by Gasteiger charge is -2.12. The highest BCUT2D eigenvalue weighted by Crippen LogP contribution is 2.21. The molecule has 1 heterocycles. The molecule has 0 saturated carbocycles. The van der Waals surface area contributed by atoms with Crippen LogP contribution in [-0.2, 0) is 19.3 Å². The van der Waals surface area contributed by atoms with Crippen molar-refractivity contribution in [3.8, 4) is 0 Å². The van der Waals surface area contributed by atoms with Gasteiger partial charge in [0.1, 0.15) is 6.10 Å². The monoisotopic (exact) mass is 256 g/mol. The first-order valence-corrected chi connectivity index (χ1v) is 7.39. The number of sulfone groups is 1. The minimum absolute atomic E-state index is 0.0483. The van der Waals surface area contributed by atoms with Gasteiger partial charge < -0.3 is 9.47 Å². The Labute approximate surface area is 101 Å². The number of epoxide rings is 1. The molecule has 1 aromatic rings. The van der Waals surface area contributed by atoms with Crippen LogP contribution in [0.3, 0.4) is 0 Å². The molecule has 2 rings (SSSR count). The Morgan fingerprint density at radius 1 is 1.41 bits per heavy atom. The van der Waals surface area contributed by atoms with Gasteiger partial charge in [-0.1, -0.05) is 12.1 Å². The molecular formula is C12H16O4S. The Morgan fingerprint density at radius 3 is 2.47 bits per heavy atom. The van der Waals surface area contributed by atoms with Crippen molar-refractivity contribution in [2.24, 2.45) is 0 Å². The molecule has 1 aliphatic rings. The Hall–Kier alpha value is -0.910. The highest BCUT2D eigenvalue weighted by molar-refractivity contribution is 7.90. The summed E-state index contributed by atoms with van der Waals surface area (Å²) in [5.41, 5.74) is 0.970. The quantitative estimate of drug-likeness (QED) is 0.750. The molecule has 94 valence electrons. The van der Waals surface area contributed by atoms with Crippen LogP contribution in [0.25, 0.3) is 0 Å². The van der Waals surface area contributed by atoms with Gasteiger partial charge in [0.05, 0.1) is 24.2 Å². The summed E-state index contributed by atoms with van der Waals surface area (Å²) >= 11 is 0. The van der Waals surface area contributed by atoms with Crippen molar-refractivity contribution in [3.63, 3.8) is 0 Å². The SMILES string of the molecule is CC(OCC1CO1)c1ccc(S(C)(=O)=O)cc1. The predicted molar refractivity (Wildman–Crippen MR) is 63.7 cm³/mol. The van der Waals surface area contributed by atoms with Gasteiger partial charge in [-0.25, -0.2) is 8.42 Å². The molecule has 0 spiro atoms. The number of ether oxygens (including phenoxy) is 2. The minimum Gasteiger partial charge on any atom is -0.371 e. The summed E-state index contributed by atoms with van der Waals surface area (Å²) in [4.78, 5) is 0.332. The topological polar surface area (TPSA) is 55.9 Å². The maximum atomic E-state index is 11.3. The molecule has 0 aromatic heterocycles. The van der Waals surface area contributed by atoms with Crippen LogP contribution < -0.4 is 0 Å². The van der Waals surface area contributed by atoms with E-state index in [0.717, 1.165) is 12.2 Å². The van der Waals surface area contributed by atoms with Gasteiger partial charge in [-0.3, -0.25) is 0 Å². The zero-order valence-electron chi connectivity index (χ0n) is 9.92. The maximum Gasteiger partial charge on any atom is 0.175 e. The number of benzene rings is 1. The van der Waals surface area contributed by atoms with E-state index in [1.807, 2.05) is 6.92 Å². The molecule has 1 aliphatic heterocycles. The third kappa shape index (κ3) is 3.52. The van der Waals surface area contributed by atoms with Crippen molar-refractivity contribution in [2.45, 2.75) is 24.0 Å². The molecular weight excluding hydrogens is 240 g/mol. The standard InChI is InChI=1S/C12H16O4S/c1-9(15-7-11-8-16-11)10-3-5-12(6-4-10)17(2,13)14/h3-6,9,11H,7-8H2,1-2H3. The second-order valence-corrected chi connectivity index (χ2v) is 6.29. The average molecular weight is 256 g/mol. The van der Waals surface area contributed by atoms with Gasteiger partial charge in [0.2, 0.25) is 0 Å². The highest BCUT2D eigenvalue weighted by Gasteiger charge is 2.23. The summed E-state index contributed by atoms with van der Waals surface area (Å²) in [6.07, 6.45) is 1.40. The smallest absolute Gasteiger partial charge is 0.175 e. The van der Waals surface area contributed by atoms with Crippen LogP contribution in [0.5, 0.6) is 0 Å². The largest absolute Gasteiger partial charge is 0.371 e. The van der Waals surface area contributed by atoms with Gasteiger partial charge in [-0.2, -0.15) is 0 Å². The van der Waals surface area contributed by atoms with Crippen LogP contribution in [0.2, 0.25) is 0 Å². The maximum absolute atomic E-state index is 11.3. The van der Waals surface area contributed by atoms with Gasteiger partial charge in [0, 0.05) is 6.26 Å². The van der Waals surface area contributed by atoms with Crippen molar-refractivity contribution >= 4 is 9.84 Å². The van der Waals surface area contributed by atoms with Crippen molar-refractivity contribution in [3.05, 3.63) is 29.8 Å². The van der Waals surface area contributed by atoms with E-state index >= 15 is 0 Å². The lowest BCUT2D eigenvalue weighted by atomic mass is 10.1. The van der Waals surface area contributed by atoms with E-state index in [1.54, 1.807) is 24.3 Å². The summed E-state index contributed by atoms with van der Waals surface area (Å²) in [5.74, 6) is 0. The summed E-state index contributed by atoms with van der Waals surface area (Å²) < 4.78 is 33.2. The van der Waals surface area contributed by atoms with Gasteiger partial charge in [-0.15, -0.1) is 0 Å². The first-order chi connectivity index (χ1) is 7.97. The van der Waals surface area contributed by atoms with E-state index in [4.69, 9.17) is 9.47 Å². The van der Waals surface area contributed by atoms with E-state index in [1.165, 1.54) is 6.26 Å². The van der Waals surface area contributed by atoms with E-state index in [0.29, 0.717) is 11.5 Å². The van der Waals surface area contributed by atoms with Crippen molar-refractivity contribution in [1.82, 2.24) is 0 Å². The zero-order chi connectivity index (χ0) is 12.5. The van der Waals surface area contributed by atoms with Gasteiger partial charge in [-0.05, 0) is 24.6 Å². The van der Waals surface area contributed by atoms with Crippen LogP contribution in [0, 0.1) is 0 Å². The molecule has 4 nitrogen and oxygen atoms in total. The third-order valence-electron chi connectivity index (χ3n) is 2.71. The number of hydrogen-bond acceptors (Lipinski definition) is 4. The molecule has 0 amide bonds. The van der Waals surface area contributed by atoms with E-state index in [9.17, 15) is 8.42 Å². The summed E-state index contributed by atoms with van der Waals surface area (Å²) in [7, 11) is -3.12. The van der Waals surface area contributed by atoms with E-state index in [-0.39, 0.29) is 12.2 Å². The second kappa shape index (κ2) is 4.76. The van der Waals surface area contributed by atoms with Crippen LogP contribution >= 0.6 is 0 Å². The Kier molecular flexibility index (Phi) is 3.51. The van der Waals surface area contributed by atoms with Gasteiger partial charge in [0.25, 0.3) is 0 Å². The van der Waals surface area contributed by atoms with Crippen LogP contribution in [0.1, 0.15) is 18.6 Å². The van der Waals surface area contributed by atoms with Crippen LogP contribution in [-0.4, -0.2) is 34.0 Å². The van der Waals surface area contributed by atoms with E-state index in [2.05, 4.69) is 0 Å². The first kappa shape index (κ1) is 12.5. The molecule has 5 heteroatoms. The molecule has 2 atom stereocenters. The van der Waals surface area contributed by atoms with Crippen molar-refractivity contribution in [1.29, 1.82) is 0 Å². The summed E-state index contributed by atoms with van der Waals surface area (Å²) in [5, 5.41) is 0. The molecule has 0 N–H and O–H groups in total. The van der Waals surface area contributed by atoms with Gasteiger partial charge in [0.15, 0.2) is 9.84 Å². The normalized spacial score (nSPS) is 21.2. The summed E-state index contributed by atoms with van der Waals surface area (Å²) in [6.45, 7) is 3.31. The Morgan fingerprint density at radius 2 is 2.00 bits per heavy atom. The number of rotatable bonds is 5. The minimum atomic E-state index is -3.12. The number of hydrogen-bond donors (Lipinski definition) is 0. The Bertz CT molecular complexity index is 474. The van der Waals surface area contributed by atoms with E-state index < -0.39 is 9.84 Å². The fraction of sp³-hybridized carbons (Fsp3) is 0.500. The molecule has 1 fully saturated rings. The van der Waals surface area contributed by atoms with Crippen LogP contribution in [0.4, 0.5) is 0 Å². The lowest BCUT2D eigenvalue weighted by molar-refractivity contribution is 0.0539. The molecule has 0 bridgehead atoms. The van der Waals surface area contributed by atoms with Gasteiger partial charge >= 0.3 is 0 Å². The molecule has 17 heavy (non-hydrogen) atoms. The molecule has 1 aromatic carbocycles. The molecule has 0 radical (unpaired) electrons. The van der Waals surface area contributed by atoms with Crippen LogP contribution in [0.15, 0.2) is 29.2 Å². The predicted octanol–water partition coefficient (Wildman–Crippen LogP) is 1.57. The summed E-state index contributed by atoms with van der Waals surface area (Å²) in [6, 6.07) is 6.79. The Balaban J connectivity index is 2.00. The fourth-order valence-corrected chi connectivity index (χ4v) is 2.13. The van der Waals surface area contributed by atoms with Crippen molar-refractivity contribution < 1.29 is 17.9 Å². The van der Waals surface area contributed by atoms with Crippen molar-refractivity contribution in [2.75, 3.05) is 19.5 Å². The third-order valence-corrected chi connectivity index (χ3v) is 3.84. The first-order valence-electron chi connectivity index (χ1n) is 5.50. The zero-order valence-corrected chi connectivity index (χ0v) is 10.7. The fourth-order valence-electron chi connectivity index (χ4n) is 1.50. The lowest BCUT2D eigenvalue weighted by Crippen LogP contribution is -2.06. The highest BCUT2D eigenvalue weighted by atomic mass is 32.2. The average Bonchev–Trinajstić information content (AvgIpc) is 3.09. The molecule has 1 saturated heterocycles.